The molecule has 0 saturated heterocycles. The lowest BCUT2D eigenvalue weighted by Gasteiger charge is -2.21. The predicted molar refractivity (Wildman–Crippen MR) is 70.5 cm³/mol. The van der Waals surface area contributed by atoms with Gasteiger partial charge in [0.1, 0.15) is 0 Å². The van der Waals surface area contributed by atoms with Gasteiger partial charge in [-0.3, -0.25) is 9.59 Å². The van der Waals surface area contributed by atoms with E-state index in [4.69, 9.17) is 5.11 Å². The summed E-state index contributed by atoms with van der Waals surface area (Å²) in [6, 6.07) is 3.48. The van der Waals surface area contributed by atoms with E-state index in [9.17, 15) is 9.59 Å². The van der Waals surface area contributed by atoms with Crippen LogP contribution in [0.3, 0.4) is 0 Å². The Balaban J connectivity index is 2.28. The van der Waals surface area contributed by atoms with Crippen molar-refractivity contribution in [2.75, 3.05) is 19.7 Å². The van der Waals surface area contributed by atoms with Gasteiger partial charge in [0.25, 0.3) is 5.91 Å². The third kappa shape index (κ3) is 4.85. The predicted octanol–water partition coefficient (Wildman–Crippen LogP) is 0.613. The summed E-state index contributed by atoms with van der Waals surface area (Å²) in [5.41, 5.74) is -0.354. The molecule has 0 atom stereocenters. The van der Waals surface area contributed by atoms with Gasteiger partial charge >= 0.3 is 0 Å². The summed E-state index contributed by atoms with van der Waals surface area (Å²) < 4.78 is 0. The first-order valence-electron chi connectivity index (χ1n) is 5.64. The number of amides is 2. The standard InChI is InChI=1S/C12H18N2O3S/c1-12(2,8-15)7-14-10(16)6-13-11(17)9-4-3-5-18-9/h3-5,15H,6-8H2,1-2H3,(H,13,17)(H,14,16). The van der Waals surface area contributed by atoms with Crippen molar-refractivity contribution < 1.29 is 14.7 Å². The zero-order valence-electron chi connectivity index (χ0n) is 10.5. The Morgan fingerprint density at radius 1 is 1.39 bits per heavy atom. The summed E-state index contributed by atoms with van der Waals surface area (Å²) in [6.07, 6.45) is 0. The minimum atomic E-state index is -0.354. The molecule has 1 aromatic rings. The smallest absolute Gasteiger partial charge is 0.261 e. The van der Waals surface area contributed by atoms with Crippen molar-refractivity contribution >= 4 is 23.2 Å². The lowest BCUT2D eigenvalue weighted by molar-refractivity contribution is -0.120. The molecule has 0 radical (unpaired) electrons. The van der Waals surface area contributed by atoms with E-state index in [1.165, 1.54) is 11.3 Å². The third-order valence-corrected chi connectivity index (χ3v) is 3.22. The minimum absolute atomic E-state index is 0.00512. The molecule has 0 aliphatic heterocycles. The van der Waals surface area contributed by atoms with Crippen molar-refractivity contribution in [3.63, 3.8) is 0 Å². The first-order valence-corrected chi connectivity index (χ1v) is 6.52. The van der Waals surface area contributed by atoms with Gasteiger partial charge in [-0.15, -0.1) is 11.3 Å². The Morgan fingerprint density at radius 2 is 2.11 bits per heavy atom. The largest absolute Gasteiger partial charge is 0.396 e. The van der Waals surface area contributed by atoms with Crippen LogP contribution in [0.2, 0.25) is 0 Å². The molecular formula is C12H18N2O3S. The number of hydrogen-bond acceptors (Lipinski definition) is 4. The van der Waals surface area contributed by atoms with E-state index < -0.39 is 0 Å². The highest BCUT2D eigenvalue weighted by molar-refractivity contribution is 7.12. The second-order valence-corrected chi connectivity index (χ2v) is 5.71. The fourth-order valence-electron chi connectivity index (χ4n) is 1.11. The highest BCUT2D eigenvalue weighted by Crippen LogP contribution is 2.11. The number of aliphatic hydroxyl groups is 1. The van der Waals surface area contributed by atoms with Gasteiger partial charge in [0.15, 0.2) is 0 Å². The molecule has 0 spiro atoms. The average molecular weight is 270 g/mol. The topological polar surface area (TPSA) is 78.4 Å². The van der Waals surface area contributed by atoms with Crippen molar-refractivity contribution in [2.45, 2.75) is 13.8 Å². The average Bonchev–Trinajstić information content (AvgIpc) is 2.87. The first kappa shape index (κ1) is 14.7. The molecule has 1 heterocycles. The molecule has 1 aromatic heterocycles. The molecule has 0 bridgehead atoms. The Kier molecular flexibility index (Phi) is 5.30. The maximum absolute atomic E-state index is 11.5. The Bertz CT molecular complexity index is 401. The lowest BCUT2D eigenvalue weighted by Crippen LogP contribution is -2.41. The maximum Gasteiger partial charge on any atom is 0.261 e. The van der Waals surface area contributed by atoms with Crippen LogP contribution in [-0.4, -0.2) is 36.6 Å². The summed E-state index contributed by atoms with van der Waals surface area (Å²) in [6.45, 7) is 4.00. The van der Waals surface area contributed by atoms with Gasteiger partial charge in [0.05, 0.1) is 11.4 Å². The lowest BCUT2D eigenvalue weighted by atomic mass is 9.95. The Hall–Kier alpha value is -1.40. The fraction of sp³-hybridized carbons (Fsp3) is 0.500. The number of hydrogen-bond donors (Lipinski definition) is 3. The van der Waals surface area contributed by atoms with Crippen LogP contribution in [-0.2, 0) is 4.79 Å². The molecule has 18 heavy (non-hydrogen) atoms. The van der Waals surface area contributed by atoms with Crippen LogP contribution < -0.4 is 10.6 Å². The SMILES string of the molecule is CC(C)(CO)CNC(=O)CNC(=O)c1cccs1. The number of thiophene rings is 1. The molecule has 0 fully saturated rings. The number of rotatable bonds is 6. The minimum Gasteiger partial charge on any atom is -0.396 e. The van der Waals surface area contributed by atoms with Gasteiger partial charge in [-0.05, 0) is 11.4 Å². The second kappa shape index (κ2) is 6.51. The summed E-state index contributed by atoms with van der Waals surface area (Å²) >= 11 is 1.33. The van der Waals surface area contributed by atoms with E-state index in [0.717, 1.165) is 0 Å². The van der Waals surface area contributed by atoms with Crippen LogP contribution in [0, 0.1) is 5.41 Å². The van der Waals surface area contributed by atoms with Gasteiger partial charge in [0, 0.05) is 18.6 Å². The second-order valence-electron chi connectivity index (χ2n) is 4.76. The number of carbonyl (C=O) groups excluding carboxylic acids is 2. The molecule has 100 valence electrons. The van der Waals surface area contributed by atoms with Gasteiger partial charge in [-0.1, -0.05) is 19.9 Å². The Morgan fingerprint density at radius 3 is 2.67 bits per heavy atom. The van der Waals surface area contributed by atoms with Crippen molar-refractivity contribution in [1.29, 1.82) is 0 Å². The third-order valence-electron chi connectivity index (χ3n) is 2.35. The van der Waals surface area contributed by atoms with Gasteiger partial charge in [-0.2, -0.15) is 0 Å². The van der Waals surface area contributed by atoms with E-state index in [1.54, 1.807) is 17.5 Å². The first-order chi connectivity index (χ1) is 8.44. The number of carbonyl (C=O) groups is 2. The van der Waals surface area contributed by atoms with Crippen molar-refractivity contribution in [3.8, 4) is 0 Å². The summed E-state index contributed by atoms with van der Waals surface area (Å²) in [7, 11) is 0. The van der Waals surface area contributed by atoms with Crippen LogP contribution in [0.1, 0.15) is 23.5 Å². The molecule has 0 saturated carbocycles. The fourth-order valence-corrected chi connectivity index (χ4v) is 1.75. The number of aliphatic hydroxyl groups excluding tert-OH is 1. The van der Waals surface area contributed by atoms with Crippen molar-refractivity contribution in [1.82, 2.24) is 10.6 Å². The van der Waals surface area contributed by atoms with Crippen LogP contribution in [0.25, 0.3) is 0 Å². The number of nitrogens with one attached hydrogen (secondary N) is 2. The molecule has 2 amide bonds. The van der Waals surface area contributed by atoms with Gasteiger partial charge in [0.2, 0.25) is 5.91 Å². The molecular weight excluding hydrogens is 252 g/mol. The zero-order valence-corrected chi connectivity index (χ0v) is 11.3. The van der Waals surface area contributed by atoms with E-state index in [-0.39, 0.29) is 30.4 Å². The van der Waals surface area contributed by atoms with E-state index >= 15 is 0 Å². The van der Waals surface area contributed by atoms with Crippen molar-refractivity contribution in [3.05, 3.63) is 22.4 Å². The molecule has 5 nitrogen and oxygen atoms in total. The molecule has 0 aromatic carbocycles. The van der Waals surface area contributed by atoms with E-state index in [1.807, 2.05) is 13.8 Å². The van der Waals surface area contributed by atoms with Crippen LogP contribution in [0.5, 0.6) is 0 Å². The maximum atomic E-state index is 11.5. The quantitative estimate of drug-likeness (QED) is 0.709. The van der Waals surface area contributed by atoms with Crippen LogP contribution in [0.4, 0.5) is 0 Å². The van der Waals surface area contributed by atoms with Crippen molar-refractivity contribution in [2.24, 2.45) is 5.41 Å². The van der Waals surface area contributed by atoms with E-state index in [2.05, 4.69) is 10.6 Å². The molecule has 3 N–H and O–H groups in total. The monoisotopic (exact) mass is 270 g/mol. The zero-order chi connectivity index (χ0) is 13.6. The molecule has 0 aliphatic rings. The summed E-state index contributed by atoms with van der Waals surface area (Å²) in [5.74, 6) is -0.511. The molecule has 0 aliphatic carbocycles. The molecule has 0 unspecified atom stereocenters. The van der Waals surface area contributed by atoms with Gasteiger partial charge < -0.3 is 15.7 Å². The summed E-state index contributed by atoms with van der Waals surface area (Å²) in [5, 5.41) is 16.0. The summed E-state index contributed by atoms with van der Waals surface area (Å²) in [4.78, 5) is 23.6. The van der Waals surface area contributed by atoms with Crippen LogP contribution >= 0.6 is 11.3 Å². The normalized spacial score (nSPS) is 11.1. The molecule has 6 heteroatoms. The van der Waals surface area contributed by atoms with Gasteiger partial charge in [-0.25, -0.2) is 0 Å². The van der Waals surface area contributed by atoms with E-state index in [0.29, 0.717) is 11.4 Å². The molecule has 1 rings (SSSR count). The highest BCUT2D eigenvalue weighted by Gasteiger charge is 2.17. The van der Waals surface area contributed by atoms with Crippen LogP contribution in [0.15, 0.2) is 17.5 Å². The Labute approximate surface area is 110 Å². The highest BCUT2D eigenvalue weighted by atomic mass is 32.1.